The van der Waals surface area contributed by atoms with Gasteiger partial charge in [0, 0.05) is 15.4 Å². The molecule has 3 rings (SSSR count). The van der Waals surface area contributed by atoms with Crippen molar-refractivity contribution < 1.29 is 27.8 Å². The Bertz CT molecular complexity index is 933. The summed E-state index contributed by atoms with van der Waals surface area (Å²) in [5.74, 6) is -1.48. The molecule has 25 heavy (non-hydrogen) atoms. The second-order valence-electron chi connectivity index (χ2n) is 5.31. The molecule has 1 heterocycles. The average molecular weight is 414 g/mol. The highest BCUT2D eigenvalue weighted by molar-refractivity contribution is 9.10. The van der Waals surface area contributed by atoms with Crippen molar-refractivity contribution in [3.63, 3.8) is 0 Å². The van der Waals surface area contributed by atoms with Crippen LogP contribution >= 0.6 is 15.9 Å². The second kappa shape index (κ2) is 6.44. The van der Waals surface area contributed by atoms with Crippen molar-refractivity contribution in [3.8, 4) is 17.0 Å². The molecule has 0 spiro atoms. The maximum atomic E-state index is 12.4. The molecule has 3 aromatic rings. The molecule has 0 aliphatic heterocycles. The van der Waals surface area contributed by atoms with E-state index in [9.17, 15) is 23.1 Å². The number of hydrogen-bond acceptors (Lipinski definition) is 2. The summed E-state index contributed by atoms with van der Waals surface area (Å²) >= 11 is 3.32. The summed E-state index contributed by atoms with van der Waals surface area (Å²) < 4.78 is 42.1. The number of carboxylic acids is 1. The number of aromatic nitrogens is 1. The van der Waals surface area contributed by atoms with Gasteiger partial charge in [0.15, 0.2) is 0 Å². The number of alkyl halides is 3. The van der Waals surface area contributed by atoms with E-state index >= 15 is 0 Å². The van der Waals surface area contributed by atoms with Gasteiger partial charge in [-0.3, -0.25) is 4.79 Å². The molecule has 0 aliphatic rings. The van der Waals surface area contributed by atoms with E-state index in [2.05, 4.69) is 25.7 Å². The van der Waals surface area contributed by atoms with Crippen molar-refractivity contribution in [1.29, 1.82) is 0 Å². The molecular weight excluding hydrogens is 403 g/mol. The monoisotopic (exact) mass is 413 g/mol. The molecule has 0 aliphatic carbocycles. The van der Waals surface area contributed by atoms with Crippen LogP contribution in [0.15, 0.2) is 46.9 Å². The summed E-state index contributed by atoms with van der Waals surface area (Å²) in [7, 11) is 0. The van der Waals surface area contributed by atoms with E-state index in [1.807, 2.05) is 0 Å². The Labute approximate surface area is 148 Å². The number of carboxylic acid groups (broad SMARTS) is 1. The number of H-pyrrole nitrogens is 1. The fourth-order valence-electron chi connectivity index (χ4n) is 2.62. The minimum atomic E-state index is -4.81. The van der Waals surface area contributed by atoms with Gasteiger partial charge >= 0.3 is 12.3 Å². The summed E-state index contributed by atoms with van der Waals surface area (Å²) in [6, 6.07) is 11.0. The van der Waals surface area contributed by atoms with Gasteiger partial charge in [-0.2, -0.15) is 0 Å². The summed E-state index contributed by atoms with van der Waals surface area (Å²) in [6.45, 7) is 0. The minimum absolute atomic E-state index is 0.332. The Morgan fingerprint density at radius 1 is 1.16 bits per heavy atom. The molecule has 0 unspecified atom stereocenters. The predicted octanol–water partition coefficient (Wildman–Crippen LogP) is 5.12. The van der Waals surface area contributed by atoms with E-state index in [0.717, 1.165) is 10.0 Å². The van der Waals surface area contributed by atoms with Crippen LogP contribution in [-0.2, 0) is 11.2 Å². The number of nitrogens with one attached hydrogen (secondary N) is 1. The molecular formula is C17H11BrF3NO3. The van der Waals surface area contributed by atoms with Crippen LogP contribution in [0.5, 0.6) is 5.75 Å². The van der Waals surface area contributed by atoms with Crippen molar-refractivity contribution in [2.75, 3.05) is 0 Å². The van der Waals surface area contributed by atoms with E-state index < -0.39 is 18.1 Å². The maximum absolute atomic E-state index is 12.4. The smallest absolute Gasteiger partial charge is 0.481 e. The first kappa shape index (κ1) is 17.3. The number of aromatic amines is 1. The van der Waals surface area contributed by atoms with Gasteiger partial charge in [-0.15, -0.1) is 13.2 Å². The van der Waals surface area contributed by atoms with E-state index in [-0.39, 0.29) is 6.42 Å². The number of ether oxygens (including phenoxy) is 1. The lowest BCUT2D eigenvalue weighted by Gasteiger charge is -2.09. The molecule has 2 N–H and O–H groups in total. The zero-order valence-corrected chi connectivity index (χ0v) is 14.1. The fourth-order valence-corrected chi connectivity index (χ4v) is 2.89. The highest BCUT2D eigenvalue weighted by Crippen LogP contribution is 2.34. The highest BCUT2D eigenvalue weighted by atomic mass is 79.9. The number of halogens is 4. The molecule has 0 saturated carbocycles. The van der Waals surface area contributed by atoms with E-state index in [1.165, 1.54) is 18.2 Å². The number of carbonyl (C=O) groups is 1. The third-order valence-corrected chi connectivity index (χ3v) is 4.10. The lowest BCUT2D eigenvalue weighted by Crippen LogP contribution is -2.17. The van der Waals surface area contributed by atoms with Crippen LogP contribution in [0.1, 0.15) is 5.56 Å². The van der Waals surface area contributed by atoms with Gasteiger partial charge in [0.05, 0.1) is 12.1 Å². The molecule has 0 radical (unpaired) electrons. The van der Waals surface area contributed by atoms with Crippen LogP contribution in [0.25, 0.3) is 22.2 Å². The zero-order chi connectivity index (χ0) is 18.2. The van der Waals surface area contributed by atoms with Crippen LogP contribution in [0.3, 0.4) is 0 Å². The first-order valence-electron chi connectivity index (χ1n) is 7.11. The molecule has 0 bridgehead atoms. The molecule has 0 saturated heterocycles. The van der Waals surface area contributed by atoms with Gasteiger partial charge < -0.3 is 14.8 Å². The Balaban J connectivity index is 2.16. The van der Waals surface area contributed by atoms with Crippen LogP contribution in [0.4, 0.5) is 13.2 Å². The van der Waals surface area contributed by atoms with Crippen LogP contribution in [0, 0.1) is 0 Å². The molecule has 0 amide bonds. The number of benzene rings is 2. The van der Waals surface area contributed by atoms with E-state index in [4.69, 9.17) is 0 Å². The molecule has 0 fully saturated rings. The molecule has 130 valence electrons. The Morgan fingerprint density at radius 2 is 1.84 bits per heavy atom. The molecule has 0 atom stereocenters. The third-order valence-electron chi connectivity index (χ3n) is 3.57. The average Bonchev–Trinajstić information content (AvgIpc) is 2.84. The van der Waals surface area contributed by atoms with Gasteiger partial charge in [0.25, 0.3) is 0 Å². The van der Waals surface area contributed by atoms with Crippen LogP contribution in [-0.4, -0.2) is 22.4 Å². The Hall–Kier alpha value is -2.48. The van der Waals surface area contributed by atoms with Crippen molar-refractivity contribution >= 4 is 32.8 Å². The second-order valence-corrected chi connectivity index (χ2v) is 6.23. The summed E-state index contributed by atoms with van der Waals surface area (Å²) in [5, 5.41) is 9.56. The largest absolute Gasteiger partial charge is 0.573 e. The molecule has 2 aromatic carbocycles. The van der Waals surface area contributed by atoms with Crippen molar-refractivity contribution in [3.05, 3.63) is 52.5 Å². The van der Waals surface area contributed by atoms with Crippen molar-refractivity contribution in [1.82, 2.24) is 4.98 Å². The topological polar surface area (TPSA) is 62.3 Å². The lowest BCUT2D eigenvalue weighted by atomic mass is 10.0. The summed E-state index contributed by atoms with van der Waals surface area (Å²) in [4.78, 5) is 14.3. The maximum Gasteiger partial charge on any atom is 0.573 e. The number of fused-ring (bicyclic) bond motifs is 1. The Kier molecular flexibility index (Phi) is 4.47. The zero-order valence-electron chi connectivity index (χ0n) is 12.5. The van der Waals surface area contributed by atoms with Crippen LogP contribution in [0.2, 0.25) is 0 Å². The van der Waals surface area contributed by atoms with Crippen molar-refractivity contribution in [2.24, 2.45) is 0 Å². The first-order chi connectivity index (χ1) is 11.7. The van der Waals surface area contributed by atoms with Gasteiger partial charge in [-0.25, -0.2) is 0 Å². The molecule has 4 nitrogen and oxygen atoms in total. The summed E-state index contributed by atoms with van der Waals surface area (Å²) in [6.07, 6.45) is -5.15. The lowest BCUT2D eigenvalue weighted by molar-refractivity contribution is -0.274. The van der Waals surface area contributed by atoms with Gasteiger partial charge in [-0.05, 0) is 41.5 Å². The predicted molar refractivity (Wildman–Crippen MR) is 89.5 cm³/mol. The number of aliphatic carboxylic acids is 1. The fraction of sp³-hybridized carbons (Fsp3) is 0.118. The molecule has 1 aromatic heterocycles. The normalized spacial score (nSPS) is 11.7. The SMILES string of the molecule is O=C(O)Cc1c(-c2ccc(Br)cc2)[nH]c2ccc(OC(F)(F)F)cc12. The van der Waals surface area contributed by atoms with Gasteiger partial charge in [0.1, 0.15) is 5.75 Å². The quantitative estimate of drug-likeness (QED) is 0.623. The van der Waals surface area contributed by atoms with E-state index in [1.54, 1.807) is 24.3 Å². The first-order valence-corrected chi connectivity index (χ1v) is 7.90. The molecule has 8 heteroatoms. The Morgan fingerprint density at radius 3 is 2.44 bits per heavy atom. The highest BCUT2D eigenvalue weighted by Gasteiger charge is 2.31. The van der Waals surface area contributed by atoms with Crippen LogP contribution < -0.4 is 4.74 Å². The third kappa shape index (κ3) is 3.96. The standard InChI is InChI=1S/C17H11BrF3NO3/c18-10-3-1-9(2-4-10)16-13(8-15(23)24)12-7-11(25-17(19,20)21)5-6-14(12)22-16/h1-7,22H,8H2,(H,23,24). The van der Waals surface area contributed by atoms with Gasteiger partial charge in [0.2, 0.25) is 0 Å². The number of hydrogen-bond donors (Lipinski definition) is 2. The minimum Gasteiger partial charge on any atom is -0.481 e. The van der Waals surface area contributed by atoms with Gasteiger partial charge in [-0.1, -0.05) is 28.1 Å². The number of rotatable bonds is 4. The van der Waals surface area contributed by atoms with Crippen molar-refractivity contribution in [2.45, 2.75) is 12.8 Å². The van der Waals surface area contributed by atoms with E-state index in [0.29, 0.717) is 22.2 Å². The summed E-state index contributed by atoms with van der Waals surface area (Å²) in [5.41, 5.74) is 2.21.